The second-order valence-corrected chi connectivity index (χ2v) is 3.70. The molecule has 17 heavy (non-hydrogen) atoms. The molecule has 0 spiro atoms. The Morgan fingerprint density at radius 2 is 1.82 bits per heavy atom. The lowest BCUT2D eigenvalue weighted by molar-refractivity contribution is -0.155. The van der Waals surface area contributed by atoms with Gasteiger partial charge in [-0.2, -0.15) is 0 Å². The van der Waals surface area contributed by atoms with Gasteiger partial charge in [-0.3, -0.25) is 4.79 Å². The maximum atomic E-state index is 11.4. The number of ether oxygens (including phenoxy) is 3. The lowest BCUT2D eigenvalue weighted by atomic mass is 10.1. The fourth-order valence-electron chi connectivity index (χ4n) is 1.30. The van der Waals surface area contributed by atoms with Crippen LogP contribution in [-0.4, -0.2) is 38.9 Å². The number of methoxy groups -OCH3 is 2. The average molecular weight is 246 g/mol. The van der Waals surface area contributed by atoms with E-state index >= 15 is 0 Å². The van der Waals surface area contributed by atoms with E-state index in [2.05, 4.69) is 9.47 Å². The third-order valence-corrected chi connectivity index (χ3v) is 2.36. The Morgan fingerprint density at radius 1 is 1.12 bits per heavy atom. The van der Waals surface area contributed by atoms with E-state index in [0.717, 1.165) is 12.8 Å². The van der Waals surface area contributed by atoms with Crippen LogP contribution in [0.1, 0.15) is 39.0 Å². The summed E-state index contributed by atoms with van der Waals surface area (Å²) in [6, 6.07) is 0. The standard InChI is InChI=1S/C12H22O5/c1-4-5-9-17-10(12(14)16-3)7-6-8-11(13)15-2/h10H,4-9H2,1-3H3. The number of esters is 2. The van der Waals surface area contributed by atoms with E-state index in [0.29, 0.717) is 25.9 Å². The van der Waals surface area contributed by atoms with Gasteiger partial charge < -0.3 is 14.2 Å². The molecule has 0 aromatic heterocycles. The van der Waals surface area contributed by atoms with Gasteiger partial charge in [0.1, 0.15) is 0 Å². The average Bonchev–Trinajstić information content (AvgIpc) is 2.35. The first-order valence-corrected chi connectivity index (χ1v) is 5.91. The van der Waals surface area contributed by atoms with Crippen LogP contribution in [0, 0.1) is 0 Å². The number of hydrogen-bond donors (Lipinski definition) is 0. The Labute approximate surface area is 102 Å². The van der Waals surface area contributed by atoms with E-state index in [4.69, 9.17) is 4.74 Å². The highest BCUT2D eigenvalue weighted by Crippen LogP contribution is 2.08. The van der Waals surface area contributed by atoms with Crippen LogP contribution in [0.2, 0.25) is 0 Å². The largest absolute Gasteiger partial charge is 0.469 e. The molecule has 0 heterocycles. The molecule has 1 atom stereocenters. The van der Waals surface area contributed by atoms with Crippen molar-refractivity contribution in [2.24, 2.45) is 0 Å². The van der Waals surface area contributed by atoms with Gasteiger partial charge in [-0.15, -0.1) is 0 Å². The van der Waals surface area contributed by atoms with E-state index in [1.807, 2.05) is 6.92 Å². The summed E-state index contributed by atoms with van der Waals surface area (Å²) in [6.07, 6.45) is 2.67. The number of hydrogen-bond acceptors (Lipinski definition) is 5. The zero-order chi connectivity index (χ0) is 13.1. The van der Waals surface area contributed by atoms with Gasteiger partial charge >= 0.3 is 11.9 Å². The molecule has 0 aromatic rings. The quantitative estimate of drug-likeness (QED) is 0.457. The summed E-state index contributed by atoms with van der Waals surface area (Å²) >= 11 is 0. The van der Waals surface area contributed by atoms with Crippen LogP contribution >= 0.6 is 0 Å². The maximum absolute atomic E-state index is 11.4. The van der Waals surface area contributed by atoms with Crippen LogP contribution in [0.25, 0.3) is 0 Å². The van der Waals surface area contributed by atoms with E-state index in [1.54, 1.807) is 0 Å². The molecular weight excluding hydrogens is 224 g/mol. The van der Waals surface area contributed by atoms with Crippen molar-refractivity contribution in [3.05, 3.63) is 0 Å². The molecule has 0 bridgehead atoms. The molecule has 0 fully saturated rings. The Kier molecular flexibility index (Phi) is 9.43. The van der Waals surface area contributed by atoms with Crippen LogP contribution in [0.4, 0.5) is 0 Å². The molecule has 0 aliphatic heterocycles. The van der Waals surface area contributed by atoms with Crippen molar-refractivity contribution >= 4 is 11.9 Å². The van der Waals surface area contributed by atoms with Gasteiger partial charge in [0, 0.05) is 13.0 Å². The summed E-state index contributed by atoms with van der Waals surface area (Å²) in [4.78, 5) is 22.3. The molecule has 5 nitrogen and oxygen atoms in total. The third kappa shape index (κ3) is 7.74. The molecule has 0 rings (SSSR count). The predicted molar refractivity (Wildman–Crippen MR) is 62.5 cm³/mol. The van der Waals surface area contributed by atoms with E-state index in [9.17, 15) is 9.59 Å². The highest BCUT2D eigenvalue weighted by atomic mass is 16.6. The van der Waals surface area contributed by atoms with Crippen LogP contribution in [0.3, 0.4) is 0 Å². The summed E-state index contributed by atoms with van der Waals surface area (Å²) in [5, 5.41) is 0. The molecule has 0 aliphatic carbocycles. The SMILES string of the molecule is CCCCOC(CCCC(=O)OC)C(=O)OC. The summed E-state index contributed by atoms with van der Waals surface area (Å²) in [7, 11) is 2.68. The van der Waals surface area contributed by atoms with Crippen molar-refractivity contribution in [1.82, 2.24) is 0 Å². The predicted octanol–water partition coefficient (Wildman–Crippen LogP) is 1.69. The van der Waals surface area contributed by atoms with Gasteiger partial charge in [0.2, 0.25) is 0 Å². The van der Waals surface area contributed by atoms with Crippen molar-refractivity contribution in [2.75, 3.05) is 20.8 Å². The number of rotatable bonds is 9. The molecule has 5 heteroatoms. The van der Waals surface area contributed by atoms with Gasteiger partial charge in [-0.25, -0.2) is 4.79 Å². The van der Waals surface area contributed by atoms with E-state index < -0.39 is 6.10 Å². The van der Waals surface area contributed by atoms with E-state index in [1.165, 1.54) is 14.2 Å². The summed E-state index contributed by atoms with van der Waals surface area (Å²) in [5.74, 6) is -0.659. The van der Waals surface area contributed by atoms with Crippen LogP contribution < -0.4 is 0 Å². The first-order chi connectivity index (χ1) is 8.15. The van der Waals surface area contributed by atoms with Crippen molar-refractivity contribution in [3.63, 3.8) is 0 Å². The zero-order valence-electron chi connectivity index (χ0n) is 10.9. The van der Waals surface area contributed by atoms with Gasteiger partial charge in [0.25, 0.3) is 0 Å². The van der Waals surface area contributed by atoms with Crippen molar-refractivity contribution < 1.29 is 23.8 Å². The molecule has 0 amide bonds. The molecule has 1 unspecified atom stereocenters. The minimum absolute atomic E-state index is 0.276. The van der Waals surface area contributed by atoms with Crippen molar-refractivity contribution in [3.8, 4) is 0 Å². The topological polar surface area (TPSA) is 61.8 Å². The summed E-state index contributed by atoms with van der Waals surface area (Å²) in [5.41, 5.74) is 0. The monoisotopic (exact) mass is 246 g/mol. The normalized spacial score (nSPS) is 11.9. The Bertz CT molecular complexity index is 227. The Hall–Kier alpha value is -1.10. The minimum atomic E-state index is -0.573. The number of carbonyl (C=O) groups is 2. The summed E-state index contributed by atoms with van der Waals surface area (Å²) in [6.45, 7) is 2.59. The van der Waals surface area contributed by atoms with Gasteiger partial charge in [-0.05, 0) is 19.3 Å². The zero-order valence-corrected chi connectivity index (χ0v) is 10.9. The molecule has 0 N–H and O–H groups in total. The highest BCUT2D eigenvalue weighted by molar-refractivity contribution is 5.74. The molecule has 0 aliphatic rings. The third-order valence-electron chi connectivity index (χ3n) is 2.36. The lowest BCUT2D eigenvalue weighted by Crippen LogP contribution is -2.26. The lowest BCUT2D eigenvalue weighted by Gasteiger charge is -2.15. The van der Waals surface area contributed by atoms with Gasteiger partial charge in [0.15, 0.2) is 6.10 Å². The molecule has 0 aromatic carbocycles. The molecule has 0 radical (unpaired) electrons. The fraction of sp³-hybridized carbons (Fsp3) is 0.833. The second-order valence-electron chi connectivity index (χ2n) is 3.70. The first kappa shape index (κ1) is 15.9. The molecule has 100 valence electrons. The van der Waals surface area contributed by atoms with E-state index in [-0.39, 0.29) is 11.9 Å². The molecular formula is C12H22O5. The Morgan fingerprint density at radius 3 is 2.35 bits per heavy atom. The summed E-state index contributed by atoms with van der Waals surface area (Å²) < 4.78 is 14.6. The van der Waals surface area contributed by atoms with Gasteiger partial charge in [-0.1, -0.05) is 13.3 Å². The van der Waals surface area contributed by atoms with Gasteiger partial charge in [0.05, 0.1) is 14.2 Å². The smallest absolute Gasteiger partial charge is 0.334 e. The maximum Gasteiger partial charge on any atom is 0.334 e. The first-order valence-electron chi connectivity index (χ1n) is 5.91. The minimum Gasteiger partial charge on any atom is -0.469 e. The highest BCUT2D eigenvalue weighted by Gasteiger charge is 2.19. The van der Waals surface area contributed by atoms with Crippen molar-refractivity contribution in [1.29, 1.82) is 0 Å². The number of carbonyl (C=O) groups excluding carboxylic acids is 2. The van der Waals surface area contributed by atoms with Crippen LogP contribution in [0.15, 0.2) is 0 Å². The second kappa shape index (κ2) is 10.1. The van der Waals surface area contributed by atoms with Crippen LogP contribution in [-0.2, 0) is 23.8 Å². The van der Waals surface area contributed by atoms with Crippen LogP contribution in [0.5, 0.6) is 0 Å². The fourth-order valence-corrected chi connectivity index (χ4v) is 1.30. The number of unbranched alkanes of at least 4 members (excludes halogenated alkanes) is 1. The van der Waals surface area contributed by atoms with Crippen molar-refractivity contribution in [2.45, 2.75) is 45.1 Å². The molecule has 0 saturated heterocycles. The molecule has 0 saturated carbocycles. The Balaban J connectivity index is 3.93.